The zero-order valence-corrected chi connectivity index (χ0v) is 9.14. The molecule has 0 N–H and O–H groups in total. The molecule has 0 saturated carbocycles. The lowest BCUT2D eigenvalue weighted by atomic mass is 10.1. The van der Waals surface area contributed by atoms with E-state index in [1.807, 2.05) is 0 Å². The summed E-state index contributed by atoms with van der Waals surface area (Å²) in [5.41, 5.74) is 1.48. The summed E-state index contributed by atoms with van der Waals surface area (Å²) < 4.78 is 5.81. The van der Waals surface area contributed by atoms with Gasteiger partial charge in [-0.05, 0) is 30.9 Å². The summed E-state index contributed by atoms with van der Waals surface area (Å²) in [6.07, 6.45) is 10.2. The van der Waals surface area contributed by atoms with Crippen LogP contribution in [0, 0.1) is 0 Å². The van der Waals surface area contributed by atoms with Crippen LogP contribution in [0.3, 0.4) is 0 Å². The first kappa shape index (κ1) is 9.82. The molecule has 0 spiro atoms. The smallest absolute Gasteiger partial charge is 0.107 e. The van der Waals surface area contributed by atoms with Gasteiger partial charge in [0.2, 0.25) is 0 Å². The van der Waals surface area contributed by atoms with E-state index in [1.165, 1.54) is 62.0 Å². The highest BCUT2D eigenvalue weighted by atomic mass is 16.3. The van der Waals surface area contributed by atoms with Crippen LogP contribution in [-0.2, 0) is 19.3 Å². The van der Waals surface area contributed by atoms with Crippen molar-refractivity contribution in [3.05, 3.63) is 23.2 Å². The van der Waals surface area contributed by atoms with Gasteiger partial charge in [0.15, 0.2) is 0 Å². The van der Waals surface area contributed by atoms with Gasteiger partial charge in [0.25, 0.3) is 0 Å². The van der Waals surface area contributed by atoms with Crippen LogP contribution in [0.25, 0.3) is 0 Å². The molecule has 1 aromatic heterocycles. The van der Waals surface area contributed by atoms with E-state index in [-0.39, 0.29) is 0 Å². The molecule has 1 nitrogen and oxygen atoms in total. The van der Waals surface area contributed by atoms with Crippen molar-refractivity contribution < 1.29 is 4.42 Å². The van der Waals surface area contributed by atoms with Gasteiger partial charge in [0.05, 0.1) is 0 Å². The van der Waals surface area contributed by atoms with Gasteiger partial charge in [0, 0.05) is 12.8 Å². The molecule has 2 rings (SSSR count). The number of hydrogen-bond donors (Lipinski definition) is 0. The molecule has 1 heteroatoms. The average molecular weight is 192 g/mol. The highest BCUT2D eigenvalue weighted by Gasteiger charge is 2.15. The summed E-state index contributed by atoms with van der Waals surface area (Å²) in [7, 11) is 0. The third kappa shape index (κ3) is 2.20. The second-order valence-electron chi connectivity index (χ2n) is 4.33. The fourth-order valence-electron chi connectivity index (χ4n) is 2.24. The summed E-state index contributed by atoms with van der Waals surface area (Å²) in [6.45, 7) is 2.25. The van der Waals surface area contributed by atoms with E-state index in [0.29, 0.717) is 0 Å². The Morgan fingerprint density at radius 3 is 2.93 bits per heavy atom. The van der Waals surface area contributed by atoms with Crippen LogP contribution >= 0.6 is 0 Å². The average Bonchev–Trinajstić information content (AvgIpc) is 2.72. The summed E-state index contributed by atoms with van der Waals surface area (Å²) in [4.78, 5) is 0. The molecule has 0 fully saturated rings. The molecule has 14 heavy (non-hydrogen) atoms. The first-order valence-corrected chi connectivity index (χ1v) is 6.00. The Kier molecular flexibility index (Phi) is 3.28. The van der Waals surface area contributed by atoms with E-state index in [4.69, 9.17) is 4.42 Å². The number of rotatable bonds is 5. The first-order valence-electron chi connectivity index (χ1n) is 6.00. The molecular weight excluding hydrogens is 172 g/mol. The molecule has 0 atom stereocenters. The van der Waals surface area contributed by atoms with Gasteiger partial charge in [-0.2, -0.15) is 0 Å². The third-order valence-corrected chi connectivity index (χ3v) is 3.07. The summed E-state index contributed by atoms with van der Waals surface area (Å²) in [5.74, 6) is 2.50. The van der Waals surface area contributed by atoms with E-state index in [1.54, 1.807) is 0 Å². The Hall–Kier alpha value is -0.720. The fraction of sp³-hybridized carbons (Fsp3) is 0.692. The molecule has 0 saturated heterocycles. The summed E-state index contributed by atoms with van der Waals surface area (Å²) in [6, 6.07) is 2.29. The van der Waals surface area contributed by atoms with E-state index in [0.717, 1.165) is 6.42 Å². The predicted octanol–water partition coefficient (Wildman–Crippen LogP) is 3.89. The Labute approximate surface area is 86.5 Å². The largest absolute Gasteiger partial charge is 0.466 e. The van der Waals surface area contributed by atoms with Crippen molar-refractivity contribution in [1.82, 2.24) is 0 Å². The maximum absolute atomic E-state index is 5.81. The van der Waals surface area contributed by atoms with Crippen molar-refractivity contribution in [2.75, 3.05) is 0 Å². The Bertz CT molecular complexity index is 264. The zero-order chi connectivity index (χ0) is 9.80. The van der Waals surface area contributed by atoms with Gasteiger partial charge in [0.1, 0.15) is 11.5 Å². The monoisotopic (exact) mass is 192 g/mol. The van der Waals surface area contributed by atoms with Gasteiger partial charge < -0.3 is 4.42 Å². The molecule has 1 aromatic rings. The van der Waals surface area contributed by atoms with Gasteiger partial charge in [-0.25, -0.2) is 0 Å². The molecule has 1 heterocycles. The van der Waals surface area contributed by atoms with Gasteiger partial charge in [-0.15, -0.1) is 0 Å². The minimum Gasteiger partial charge on any atom is -0.466 e. The van der Waals surface area contributed by atoms with Crippen molar-refractivity contribution in [3.8, 4) is 0 Å². The van der Waals surface area contributed by atoms with Crippen molar-refractivity contribution in [3.63, 3.8) is 0 Å². The lowest BCUT2D eigenvalue weighted by Crippen LogP contribution is -1.83. The SMILES string of the molecule is CCCCCCc1cc2c(o1)CCC2. The minimum absolute atomic E-state index is 1.15. The fourth-order valence-corrected chi connectivity index (χ4v) is 2.24. The van der Waals surface area contributed by atoms with Crippen LogP contribution in [0.4, 0.5) is 0 Å². The van der Waals surface area contributed by atoms with E-state index in [2.05, 4.69) is 13.0 Å². The standard InChI is InChI=1S/C13H20O/c1-2-3-4-5-8-12-10-11-7-6-9-13(11)14-12/h10H,2-9H2,1H3. The molecule has 0 unspecified atom stereocenters. The maximum atomic E-state index is 5.81. The van der Waals surface area contributed by atoms with Crippen molar-refractivity contribution in [1.29, 1.82) is 0 Å². The number of aryl methyl sites for hydroxylation is 3. The quantitative estimate of drug-likeness (QED) is 0.645. The molecule has 1 aliphatic carbocycles. The van der Waals surface area contributed by atoms with E-state index >= 15 is 0 Å². The third-order valence-electron chi connectivity index (χ3n) is 3.07. The molecule has 0 aromatic carbocycles. The van der Waals surface area contributed by atoms with Crippen LogP contribution < -0.4 is 0 Å². The lowest BCUT2D eigenvalue weighted by Gasteiger charge is -1.97. The van der Waals surface area contributed by atoms with Gasteiger partial charge in [-0.1, -0.05) is 26.2 Å². The van der Waals surface area contributed by atoms with Crippen LogP contribution in [0.15, 0.2) is 10.5 Å². The van der Waals surface area contributed by atoms with Crippen LogP contribution in [0.1, 0.15) is 56.1 Å². The van der Waals surface area contributed by atoms with Crippen LogP contribution in [0.5, 0.6) is 0 Å². The number of hydrogen-bond acceptors (Lipinski definition) is 1. The molecular formula is C13H20O. The number of furan rings is 1. The second kappa shape index (κ2) is 4.68. The van der Waals surface area contributed by atoms with Gasteiger partial charge in [-0.3, -0.25) is 0 Å². The minimum atomic E-state index is 1.15. The predicted molar refractivity (Wildman–Crippen MR) is 58.6 cm³/mol. The Balaban J connectivity index is 1.79. The second-order valence-corrected chi connectivity index (χ2v) is 4.33. The van der Waals surface area contributed by atoms with Crippen LogP contribution in [-0.4, -0.2) is 0 Å². The van der Waals surface area contributed by atoms with Crippen LogP contribution in [0.2, 0.25) is 0 Å². The molecule has 0 aliphatic heterocycles. The number of fused-ring (bicyclic) bond motifs is 1. The van der Waals surface area contributed by atoms with Crippen molar-refractivity contribution in [2.45, 2.75) is 58.3 Å². The normalized spacial score (nSPS) is 14.6. The Morgan fingerprint density at radius 1 is 1.21 bits per heavy atom. The highest BCUT2D eigenvalue weighted by molar-refractivity contribution is 5.25. The van der Waals surface area contributed by atoms with Gasteiger partial charge >= 0.3 is 0 Å². The topological polar surface area (TPSA) is 13.1 Å². The highest BCUT2D eigenvalue weighted by Crippen LogP contribution is 2.26. The molecule has 78 valence electrons. The number of unbranched alkanes of at least 4 members (excludes halogenated alkanes) is 3. The molecule has 1 aliphatic rings. The molecule has 0 amide bonds. The zero-order valence-electron chi connectivity index (χ0n) is 9.14. The van der Waals surface area contributed by atoms with E-state index < -0.39 is 0 Å². The van der Waals surface area contributed by atoms with Crippen molar-refractivity contribution in [2.24, 2.45) is 0 Å². The molecule has 0 bridgehead atoms. The van der Waals surface area contributed by atoms with E-state index in [9.17, 15) is 0 Å². The van der Waals surface area contributed by atoms with Crippen molar-refractivity contribution >= 4 is 0 Å². The summed E-state index contributed by atoms with van der Waals surface area (Å²) in [5, 5.41) is 0. The summed E-state index contributed by atoms with van der Waals surface area (Å²) >= 11 is 0. The molecule has 0 radical (unpaired) electrons. The maximum Gasteiger partial charge on any atom is 0.107 e. The first-order chi connectivity index (χ1) is 6.90. The lowest BCUT2D eigenvalue weighted by molar-refractivity contribution is 0.459. The Morgan fingerprint density at radius 2 is 2.14 bits per heavy atom.